The van der Waals surface area contributed by atoms with Gasteiger partial charge in [0.05, 0.1) is 10.6 Å². The first-order valence-corrected chi connectivity index (χ1v) is 9.28. The predicted octanol–water partition coefficient (Wildman–Crippen LogP) is 4.59. The maximum atomic E-state index is 13.1. The molecule has 124 valence electrons. The normalized spacial score (nSPS) is 12.4. The Kier molecular flexibility index (Phi) is 4.85. The van der Waals surface area contributed by atoms with Gasteiger partial charge >= 0.3 is 0 Å². The van der Waals surface area contributed by atoms with Crippen molar-refractivity contribution in [3.8, 4) is 0 Å². The molecule has 0 heterocycles. The molecule has 0 aliphatic carbocycles. The van der Waals surface area contributed by atoms with E-state index in [4.69, 9.17) is 0 Å². The summed E-state index contributed by atoms with van der Waals surface area (Å²) in [5, 5.41) is 0. The fourth-order valence-corrected chi connectivity index (χ4v) is 4.19. The van der Waals surface area contributed by atoms with Gasteiger partial charge in [0, 0.05) is 6.04 Å². The van der Waals surface area contributed by atoms with Crippen LogP contribution in [-0.4, -0.2) is 14.5 Å². The number of nitrogens with zero attached hydrogens (tertiary/aromatic N) is 1. The zero-order valence-corrected chi connectivity index (χ0v) is 15.3. The van der Waals surface area contributed by atoms with Gasteiger partial charge in [-0.05, 0) is 49.1 Å². The predicted molar refractivity (Wildman–Crippen MR) is 96.4 cm³/mol. The number of sulfonamides is 1. The van der Waals surface area contributed by atoms with Crippen LogP contribution in [0.2, 0.25) is 0 Å². The van der Waals surface area contributed by atoms with Gasteiger partial charge in [0.2, 0.25) is 0 Å². The van der Waals surface area contributed by atoms with Crippen LogP contribution in [0.3, 0.4) is 0 Å². The molecule has 0 aromatic heterocycles. The smallest absolute Gasteiger partial charge is 0.264 e. The molecule has 0 fully saturated rings. The van der Waals surface area contributed by atoms with Crippen molar-refractivity contribution in [3.05, 3.63) is 60.2 Å². The Bertz CT molecular complexity index is 742. The lowest BCUT2D eigenvalue weighted by atomic mass is 9.87. The van der Waals surface area contributed by atoms with Gasteiger partial charge in [-0.25, -0.2) is 8.42 Å². The fourth-order valence-electron chi connectivity index (χ4n) is 2.53. The first kappa shape index (κ1) is 17.5. The van der Waals surface area contributed by atoms with Crippen LogP contribution < -0.4 is 4.31 Å². The second-order valence-corrected chi connectivity index (χ2v) is 8.82. The number of benzene rings is 2. The van der Waals surface area contributed by atoms with Crippen molar-refractivity contribution >= 4 is 15.7 Å². The van der Waals surface area contributed by atoms with Crippen LogP contribution in [0.15, 0.2) is 59.5 Å². The van der Waals surface area contributed by atoms with Gasteiger partial charge in [-0.2, -0.15) is 0 Å². The molecule has 0 aliphatic heterocycles. The van der Waals surface area contributed by atoms with E-state index in [-0.39, 0.29) is 11.5 Å². The third-order valence-electron chi connectivity index (χ3n) is 3.76. The molecule has 0 N–H and O–H groups in total. The zero-order valence-electron chi connectivity index (χ0n) is 14.4. The van der Waals surface area contributed by atoms with E-state index in [1.165, 1.54) is 4.31 Å². The molecule has 0 amide bonds. The van der Waals surface area contributed by atoms with E-state index in [0.29, 0.717) is 10.6 Å². The van der Waals surface area contributed by atoms with Crippen LogP contribution >= 0.6 is 0 Å². The molecular weight excluding hydrogens is 306 g/mol. The van der Waals surface area contributed by atoms with Crippen LogP contribution in [-0.2, 0) is 15.4 Å². The standard InChI is InChI=1S/C19H25NO2S/c1-15(2)20(17-9-7-6-8-10-17)23(21,22)18-13-11-16(12-14-18)19(3,4)5/h6-15H,1-5H3. The van der Waals surface area contributed by atoms with Gasteiger partial charge in [-0.1, -0.05) is 51.1 Å². The molecule has 0 saturated heterocycles. The van der Waals surface area contributed by atoms with E-state index < -0.39 is 10.0 Å². The monoisotopic (exact) mass is 331 g/mol. The fraction of sp³-hybridized carbons (Fsp3) is 0.368. The zero-order chi connectivity index (χ0) is 17.3. The van der Waals surface area contributed by atoms with E-state index in [1.54, 1.807) is 12.1 Å². The van der Waals surface area contributed by atoms with Gasteiger partial charge < -0.3 is 0 Å². The highest BCUT2D eigenvalue weighted by Crippen LogP contribution is 2.28. The average Bonchev–Trinajstić information content (AvgIpc) is 2.47. The van der Waals surface area contributed by atoms with Crippen molar-refractivity contribution in [3.63, 3.8) is 0 Å². The van der Waals surface area contributed by atoms with Gasteiger partial charge in [0.1, 0.15) is 0 Å². The molecule has 2 aromatic carbocycles. The Morgan fingerprint density at radius 2 is 1.39 bits per heavy atom. The molecule has 0 radical (unpaired) electrons. The summed E-state index contributed by atoms with van der Waals surface area (Å²) in [6.45, 7) is 10.1. The first-order chi connectivity index (χ1) is 10.6. The van der Waals surface area contributed by atoms with E-state index in [0.717, 1.165) is 5.56 Å². The van der Waals surface area contributed by atoms with Gasteiger partial charge in [-0.15, -0.1) is 0 Å². The quantitative estimate of drug-likeness (QED) is 0.822. The number of hydrogen-bond acceptors (Lipinski definition) is 2. The van der Waals surface area contributed by atoms with Crippen LogP contribution in [0.4, 0.5) is 5.69 Å². The minimum atomic E-state index is -3.58. The van der Waals surface area contributed by atoms with E-state index in [2.05, 4.69) is 20.8 Å². The lowest BCUT2D eigenvalue weighted by Gasteiger charge is -2.28. The summed E-state index contributed by atoms with van der Waals surface area (Å²) < 4.78 is 27.6. The Hall–Kier alpha value is -1.81. The highest BCUT2D eigenvalue weighted by molar-refractivity contribution is 7.92. The van der Waals surface area contributed by atoms with Crippen molar-refractivity contribution < 1.29 is 8.42 Å². The molecule has 0 spiro atoms. The molecule has 4 heteroatoms. The molecule has 0 bridgehead atoms. The molecule has 0 saturated carbocycles. The molecule has 2 rings (SSSR count). The number of rotatable bonds is 4. The summed E-state index contributed by atoms with van der Waals surface area (Å²) in [6, 6.07) is 16.3. The minimum absolute atomic E-state index is 0.000539. The summed E-state index contributed by atoms with van der Waals surface area (Å²) in [5.41, 5.74) is 1.80. The molecule has 0 atom stereocenters. The first-order valence-electron chi connectivity index (χ1n) is 7.84. The minimum Gasteiger partial charge on any atom is -0.264 e. The summed E-state index contributed by atoms with van der Waals surface area (Å²) >= 11 is 0. The highest BCUT2D eigenvalue weighted by atomic mass is 32.2. The topological polar surface area (TPSA) is 37.4 Å². The Balaban J connectivity index is 2.47. The van der Waals surface area contributed by atoms with Crippen molar-refractivity contribution in [2.75, 3.05) is 4.31 Å². The Morgan fingerprint density at radius 1 is 0.870 bits per heavy atom. The molecular formula is C19H25NO2S. The van der Waals surface area contributed by atoms with Crippen molar-refractivity contribution in [1.29, 1.82) is 0 Å². The van der Waals surface area contributed by atoms with Gasteiger partial charge in [0.25, 0.3) is 10.0 Å². The number of para-hydroxylation sites is 1. The van der Waals surface area contributed by atoms with Crippen LogP contribution in [0.5, 0.6) is 0 Å². The SMILES string of the molecule is CC(C)N(c1ccccc1)S(=O)(=O)c1ccc(C(C)(C)C)cc1. The van der Waals surface area contributed by atoms with Crippen LogP contribution in [0, 0.1) is 0 Å². The molecule has 23 heavy (non-hydrogen) atoms. The average molecular weight is 331 g/mol. The second kappa shape index (κ2) is 6.36. The van der Waals surface area contributed by atoms with Crippen molar-refractivity contribution in [2.45, 2.75) is 51.0 Å². The Morgan fingerprint density at radius 3 is 1.83 bits per heavy atom. The van der Waals surface area contributed by atoms with Crippen LogP contribution in [0.25, 0.3) is 0 Å². The van der Waals surface area contributed by atoms with Crippen molar-refractivity contribution in [1.82, 2.24) is 0 Å². The molecule has 3 nitrogen and oxygen atoms in total. The maximum Gasteiger partial charge on any atom is 0.264 e. The maximum absolute atomic E-state index is 13.1. The highest BCUT2D eigenvalue weighted by Gasteiger charge is 2.27. The summed E-state index contributed by atoms with van der Waals surface area (Å²) in [4.78, 5) is 0.322. The van der Waals surface area contributed by atoms with E-state index >= 15 is 0 Å². The molecule has 2 aromatic rings. The summed E-state index contributed by atoms with van der Waals surface area (Å²) in [5.74, 6) is 0. The molecule has 0 unspecified atom stereocenters. The van der Waals surface area contributed by atoms with E-state index in [9.17, 15) is 8.42 Å². The lowest BCUT2D eigenvalue weighted by molar-refractivity contribution is 0.580. The largest absolute Gasteiger partial charge is 0.264 e. The van der Waals surface area contributed by atoms with Crippen LogP contribution in [0.1, 0.15) is 40.2 Å². The summed E-state index contributed by atoms with van der Waals surface area (Å²) in [6.07, 6.45) is 0. The number of anilines is 1. The Labute approximate surface area is 140 Å². The molecule has 0 aliphatic rings. The number of hydrogen-bond donors (Lipinski definition) is 0. The third-order valence-corrected chi connectivity index (χ3v) is 5.78. The lowest BCUT2D eigenvalue weighted by Crippen LogP contribution is -2.37. The third kappa shape index (κ3) is 3.75. The van der Waals surface area contributed by atoms with Crippen molar-refractivity contribution in [2.24, 2.45) is 0 Å². The van der Waals surface area contributed by atoms with Gasteiger partial charge in [0.15, 0.2) is 0 Å². The van der Waals surface area contributed by atoms with Gasteiger partial charge in [-0.3, -0.25) is 4.31 Å². The summed E-state index contributed by atoms with van der Waals surface area (Å²) in [7, 11) is -3.58. The van der Waals surface area contributed by atoms with E-state index in [1.807, 2.05) is 56.3 Å². The second-order valence-electron chi connectivity index (χ2n) is 7.00.